The Balaban J connectivity index is 1.71. The molecule has 1 aromatic rings. The maximum Gasteiger partial charge on any atom is 0.408 e. The number of carbonyl (C=O) groups excluding carboxylic acids is 3. The van der Waals surface area contributed by atoms with E-state index < -0.39 is 18.2 Å². The van der Waals surface area contributed by atoms with Crippen molar-refractivity contribution in [2.24, 2.45) is 0 Å². The SMILES string of the molecule is CC(=O)N1CCN(C(=O)C2NC(=O)OC2c2ccccc2)CC1. The zero-order valence-corrected chi connectivity index (χ0v) is 12.9. The van der Waals surface area contributed by atoms with Gasteiger partial charge in [-0.15, -0.1) is 0 Å². The van der Waals surface area contributed by atoms with Crippen LogP contribution in [0.15, 0.2) is 30.3 Å². The van der Waals surface area contributed by atoms with Crippen LogP contribution in [0.5, 0.6) is 0 Å². The lowest BCUT2D eigenvalue weighted by molar-refractivity contribution is -0.140. The van der Waals surface area contributed by atoms with Crippen molar-refractivity contribution in [3.8, 4) is 0 Å². The van der Waals surface area contributed by atoms with Crippen molar-refractivity contribution in [3.05, 3.63) is 35.9 Å². The number of amides is 3. The number of cyclic esters (lactones) is 1. The molecule has 0 saturated carbocycles. The second kappa shape index (κ2) is 6.28. The van der Waals surface area contributed by atoms with E-state index in [1.54, 1.807) is 9.80 Å². The van der Waals surface area contributed by atoms with Crippen LogP contribution in [0.1, 0.15) is 18.6 Å². The summed E-state index contributed by atoms with van der Waals surface area (Å²) in [7, 11) is 0. The molecule has 2 atom stereocenters. The molecule has 3 rings (SSSR count). The topological polar surface area (TPSA) is 79.0 Å². The van der Waals surface area contributed by atoms with Crippen LogP contribution in [0.4, 0.5) is 4.79 Å². The van der Waals surface area contributed by atoms with E-state index in [1.165, 1.54) is 6.92 Å². The lowest BCUT2D eigenvalue weighted by Crippen LogP contribution is -2.54. The Hall–Kier alpha value is -2.57. The molecule has 2 heterocycles. The Bertz CT molecular complexity index is 611. The molecular weight excluding hydrogens is 298 g/mol. The Labute approximate surface area is 134 Å². The van der Waals surface area contributed by atoms with Gasteiger partial charge in [-0.1, -0.05) is 30.3 Å². The van der Waals surface area contributed by atoms with E-state index in [9.17, 15) is 14.4 Å². The first kappa shape index (κ1) is 15.3. The van der Waals surface area contributed by atoms with Gasteiger partial charge in [-0.3, -0.25) is 9.59 Å². The van der Waals surface area contributed by atoms with Crippen molar-refractivity contribution < 1.29 is 19.1 Å². The van der Waals surface area contributed by atoms with E-state index >= 15 is 0 Å². The van der Waals surface area contributed by atoms with E-state index in [1.807, 2.05) is 30.3 Å². The van der Waals surface area contributed by atoms with Gasteiger partial charge >= 0.3 is 6.09 Å². The molecule has 0 radical (unpaired) electrons. The Kier molecular flexibility index (Phi) is 4.18. The fourth-order valence-corrected chi connectivity index (χ4v) is 2.95. The number of hydrogen-bond acceptors (Lipinski definition) is 4. The number of rotatable bonds is 2. The van der Waals surface area contributed by atoms with Crippen LogP contribution in [-0.4, -0.2) is 59.9 Å². The minimum Gasteiger partial charge on any atom is -0.439 e. The van der Waals surface area contributed by atoms with E-state index in [2.05, 4.69) is 5.32 Å². The highest BCUT2D eigenvalue weighted by atomic mass is 16.6. The Morgan fingerprint density at radius 1 is 1.09 bits per heavy atom. The van der Waals surface area contributed by atoms with Crippen molar-refractivity contribution in [1.82, 2.24) is 15.1 Å². The number of nitrogens with one attached hydrogen (secondary N) is 1. The minimum atomic E-state index is -0.728. The molecule has 2 unspecified atom stereocenters. The van der Waals surface area contributed by atoms with Gasteiger partial charge in [0.05, 0.1) is 0 Å². The molecule has 7 nitrogen and oxygen atoms in total. The van der Waals surface area contributed by atoms with Crippen molar-refractivity contribution in [1.29, 1.82) is 0 Å². The highest BCUT2D eigenvalue weighted by Gasteiger charge is 2.42. The molecule has 23 heavy (non-hydrogen) atoms. The summed E-state index contributed by atoms with van der Waals surface area (Å²) in [4.78, 5) is 39.1. The lowest BCUT2D eigenvalue weighted by Gasteiger charge is -2.35. The van der Waals surface area contributed by atoms with Crippen molar-refractivity contribution in [3.63, 3.8) is 0 Å². The summed E-state index contributed by atoms with van der Waals surface area (Å²) in [6, 6.07) is 8.49. The molecule has 2 saturated heterocycles. The molecule has 2 aliphatic rings. The first-order chi connectivity index (χ1) is 11.1. The maximum atomic E-state index is 12.7. The molecule has 2 aliphatic heterocycles. The van der Waals surface area contributed by atoms with Gasteiger partial charge in [0.15, 0.2) is 12.1 Å². The van der Waals surface area contributed by atoms with Crippen molar-refractivity contribution in [2.75, 3.05) is 26.2 Å². The number of alkyl carbamates (subject to hydrolysis) is 1. The minimum absolute atomic E-state index is 0.0109. The molecule has 0 spiro atoms. The highest BCUT2D eigenvalue weighted by molar-refractivity contribution is 5.89. The molecule has 1 N–H and O–H groups in total. The summed E-state index contributed by atoms with van der Waals surface area (Å²) in [6.07, 6.45) is -1.21. The average Bonchev–Trinajstić information content (AvgIpc) is 2.97. The number of hydrogen-bond donors (Lipinski definition) is 1. The van der Waals surface area contributed by atoms with Crippen LogP contribution in [0, 0.1) is 0 Å². The normalized spacial score (nSPS) is 24.1. The van der Waals surface area contributed by atoms with Gasteiger partial charge in [0.2, 0.25) is 11.8 Å². The second-order valence-electron chi connectivity index (χ2n) is 5.69. The van der Waals surface area contributed by atoms with Gasteiger partial charge in [-0.25, -0.2) is 4.79 Å². The first-order valence-electron chi connectivity index (χ1n) is 7.62. The van der Waals surface area contributed by atoms with E-state index in [-0.39, 0.29) is 11.8 Å². The number of piperazine rings is 1. The molecular formula is C16H19N3O4. The molecule has 2 fully saturated rings. The van der Waals surface area contributed by atoms with Gasteiger partial charge in [0.1, 0.15) is 0 Å². The summed E-state index contributed by atoms with van der Waals surface area (Å²) >= 11 is 0. The quantitative estimate of drug-likeness (QED) is 0.863. The zero-order valence-electron chi connectivity index (χ0n) is 12.9. The first-order valence-corrected chi connectivity index (χ1v) is 7.62. The summed E-state index contributed by atoms with van der Waals surface area (Å²) in [5.41, 5.74) is 0.784. The van der Waals surface area contributed by atoms with Gasteiger partial charge < -0.3 is 19.9 Å². The van der Waals surface area contributed by atoms with Gasteiger partial charge in [0.25, 0.3) is 0 Å². The highest BCUT2D eigenvalue weighted by Crippen LogP contribution is 2.27. The van der Waals surface area contributed by atoms with Crippen LogP contribution in [0.2, 0.25) is 0 Å². The number of carbonyl (C=O) groups is 3. The number of ether oxygens (including phenoxy) is 1. The van der Waals surface area contributed by atoms with Crippen LogP contribution >= 0.6 is 0 Å². The fourth-order valence-electron chi connectivity index (χ4n) is 2.95. The third-order valence-corrected chi connectivity index (χ3v) is 4.24. The number of nitrogens with zero attached hydrogens (tertiary/aromatic N) is 2. The Morgan fingerprint density at radius 2 is 1.70 bits per heavy atom. The average molecular weight is 317 g/mol. The molecule has 122 valence electrons. The fraction of sp³-hybridized carbons (Fsp3) is 0.438. The van der Waals surface area contributed by atoms with Gasteiger partial charge in [-0.05, 0) is 5.56 Å². The van der Waals surface area contributed by atoms with Crippen LogP contribution in [0.3, 0.4) is 0 Å². The largest absolute Gasteiger partial charge is 0.439 e. The van der Waals surface area contributed by atoms with Crippen molar-refractivity contribution >= 4 is 17.9 Å². The van der Waals surface area contributed by atoms with E-state index in [0.29, 0.717) is 26.2 Å². The lowest BCUT2D eigenvalue weighted by atomic mass is 10.0. The summed E-state index contributed by atoms with van der Waals surface area (Å²) in [6.45, 7) is 3.48. The standard InChI is InChI=1S/C16H19N3O4/c1-11(20)18-7-9-19(10-8-18)15(21)13-14(23-16(22)17-13)12-5-3-2-4-6-12/h2-6,13-14H,7-10H2,1H3,(H,17,22). The smallest absolute Gasteiger partial charge is 0.408 e. The molecule has 0 aliphatic carbocycles. The molecule has 7 heteroatoms. The zero-order chi connectivity index (χ0) is 16.4. The van der Waals surface area contributed by atoms with Crippen LogP contribution < -0.4 is 5.32 Å². The molecule has 1 aromatic carbocycles. The van der Waals surface area contributed by atoms with Crippen molar-refractivity contribution in [2.45, 2.75) is 19.1 Å². The van der Waals surface area contributed by atoms with E-state index in [4.69, 9.17) is 4.74 Å². The Morgan fingerprint density at radius 3 is 2.30 bits per heavy atom. The summed E-state index contributed by atoms with van der Waals surface area (Å²) < 4.78 is 5.27. The molecule has 0 bridgehead atoms. The maximum absolute atomic E-state index is 12.7. The third-order valence-electron chi connectivity index (χ3n) is 4.24. The molecule has 0 aromatic heterocycles. The summed E-state index contributed by atoms with van der Waals surface area (Å²) in [5.74, 6) is -0.162. The monoisotopic (exact) mass is 317 g/mol. The number of benzene rings is 1. The predicted molar refractivity (Wildman–Crippen MR) is 81.4 cm³/mol. The molecule has 3 amide bonds. The van der Waals surface area contributed by atoms with Crippen LogP contribution in [0.25, 0.3) is 0 Å². The summed E-state index contributed by atoms with van der Waals surface area (Å²) in [5, 5.41) is 2.60. The van der Waals surface area contributed by atoms with Gasteiger partial charge in [-0.2, -0.15) is 0 Å². The van der Waals surface area contributed by atoms with Crippen LogP contribution in [-0.2, 0) is 14.3 Å². The third kappa shape index (κ3) is 3.13. The van der Waals surface area contributed by atoms with Gasteiger partial charge in [0, 0.05) is 33.1 Å². The van der Waals surface area contributed by atoms with E-state index in [0.717, 1.165) is 5.56 Å². The predicted octanol–water partition coefficient (Wildman–Crippen LogP) is 0.527. The second-order valence-corrected chi connectivity index (χ2v) is 5.69.